The van der Waals surface area contributed by atoms with Gasteiger partial charge in [-0.2, -0.15) is 4.37 Å². The number of hydrogen-bond donors (Lipinski definition) is 1. The highest BCUT2D eigenvalue weighted by Gasteiger charge is 2.02. The summed E-state index contributed by atoms with van der Waals surface area (Å²) in [6.07, 6.45) is 1.70. The Balaban J connectivity index is 2.87. The average molecular weight is 166 g/mol. The summed E-state index contributed by atoms with van der Waals surface area (Å²) in [7, 11) is 0. The van der Waals surface area contributed by atoms with E-state index >= 15 is 0 Å². The summed E-state index contributed by atoms with van der Waals surface area (Å²) in [5.41, 5.74) is 7.19. The van der Waals surface area contributed by atoms with Crippen LogP contribution in [0.25, 0.3) is 10.2 Å². The van der Waals surface area contributed by atoms with E-state index in [1.54, 1.807) is 6.20 Å². The van der Waals surface area contributed by atoms with Crippen molar-refractivity contribution in [3.05, 3.63) is 11.9 Å². The van der Waals surface area contributed by atoms with Gasteiger partial charge < -0.3 is 5.73 Å². The third-order valence-corrected chi connectivity index (χ3v) is 2.26. The molecule has 2 aromatic heterocycles. The molecule has 4 nitrogen and oxygen atoms in total. The molecule has 2 rings (SSSR count). The largest absolute Gasteiger partial charge is 0.368 e. The van der Waals surface area contributed by atoms with E-state index in [4.69, 9.17) is 5.73 Å². The van der Waals surface area contributed by atoms with E-state index in [1.165, 1.54) is 11.5 Å². The molecule has 0 saturated carbocycles. The first-order chi connectivity index (χ1) is 5.27. The lowest BCUT2D eigenvalue weighted by Gasteiger charge is -1.89. The number of nitrogens with two attached hydrogens (primary N) is 1. The molecule has 56 valence electrons. The van der Waals surface area contributed by atoms with Crippen molar-refractivity contribution in [3.63, 3.8) is 0 Å². The van der Waals surface area contributed by atoms with E-state index in [9.17, 15) is 0 Å². The number of fused-ring (bicyclic) bond motifs is 1. The van der Waals surface area contributed by atoms with Gasteiger partial charge in [-0.05, 0) is 18.5 Å². The smallest absolute Gasteiger partial charge is 0.220 e. The van der Waals surface area contributed by atoms with Crippen LogP contribution in [0.1, 0.15) is 5.69 Å². The van der Waals surface area contributed by atoms with Crippen LogP contribution in [0, 0.1) is 6.92 Å². The number of anilines is 1. The standard InChI is InChI=1S/C6H6N4S/c1-3-5-4(11-10-3)2-8-6(7)9-5/h2H,1H3,(H2,7,8,9). The molecule has 5 heteroatoms. The van der Waals surface area contributed by atoms with Crippen molar-refractivity contribution in [1.82, 2.24) is 14.3 Å². The SMILES string of the molecule is Cc1nsc2cnc(N)nc12. The molecule has 0 atom stereocenters. The highest BCUT2D eigenvalue weighted by Crippen LogP contribution is 2.18. The fourth-order valence-electron chi connectivity index (χ4n) is 0.871. The van der Waals surface area contributed by atoms with Gasteiger partial charge >= 0.3 is 0 Å². The van der Waals surface area contributed by atoms with Crippen LogP contribution >= 0.6 is 11.5 Å². The summed E-state index contributed by atoms with van der Waals surface area (Å²) in [6, 6.07) is 0. The highest BCUT2D eigenvalue weighted by molar-refractivity contribution is 7.13. The zero-order chi connectivity index (χ0) is 7.84. The van der Waals surface area contributed by atoms with Gasteiger partial charge in [0.05, 0.1) is 16.6 Å². The fourth-order valence-corrected chi connectivity index (χ4v) is 1.57. The van der Waals surface area contributed by atoms with Crippen LogP contribution in [0.5, 0.6) is 0 Å². The molecule has 11 heavy (non-hydrogen) atoms. The van der Waals surface area contributed by atoms with Gasteiger partial charge in [0.1, 0.15) is 5.52 Å². The molecular formula is C6H6N4S. The number of aromatic nitrogens is 3. The summed E-state index contributed by atoms with van der Waals surface area (Å²) < 4.78 is 5.10. The Kier molecular flexibility index (Phi) is 1.25. The molecule has 0 radical (unpaired) electrons. The molecule has 2 N–H and O–H groups in total. The maximum atomic E-state index is 5.41. The molecule has 0 unspecified atom stereocenters. The second kappa shape index (κ2) is 2.13. The van der Waals surface area contributed by atoms with Crippen molar-refractivity contribution in [2.75, 3.05) is 5.73 Å². The minimum absolute atomic E-state index is 0.306. The maximum Gasteiger partial charge on any atom is 0.220 e. The molecule has 2 heterocycles. The first kappa shape index (κ1) is 6.48. The lowest BCUT2D eigenvalue weighted by Crippen LogP contribution is -1.92. The predicted molar refractivity (Wildman–Crippen MR) is 44.4 cm³/mol. The minimum atomic E-state index is 0.306. The fraction of sp³-hybridized carbons (Fsp3) is 0.167. The monoisotopic (exact) mass is 166 g/mol. The Morgan fingerprint density at radius 3 is 3.18 bits per heavy atom. The summed E-state index contributed by atoms with van der Waals surface area (Å²) >= 11 is 1.39. The van der Waals surface area contributed by atoms with Gasteiger partial charge in [-0.1, -0.05) is 0 Å². The Morgan fingerprint density at radius 1 is 1.55 bits per heavy atom. The Labute approximate surface area is 67.3 Å². The van der Waals surface area contributed by atoms with Gasteiger partial charge in [0, 0.05) is 0 Å². The molecule has 0 amide bonds. The van der Waals surface area contributed by atoms with Crippen LogP contribution in [-0.4, -0.2) is 14.3 Å². The zero-order valence-corrected chi connectivity index (χ0v) is 6.72. The summed E-state index contributed by atoms with van der Waals surface area (Å²) in [6.45, 7) is 1.91. The van der Waals surface area contributed by atoms with Crippen molar-refractivity contribution in [1.29, 1.82) is 0 Å². The van der Waals surface area contributed by atoms with Crippen molar-refractivity contribution in [3.8, 4) is 0 Å². The van der Waals surface area contributed by atoms with Crippen LogP contribution in [0.4, 0.5) is 5.95 Å². The predicted octanol–water partition coefficient (Wildman–Crippen LogP) is 0.977. The number of aryl methyl sites for hydroxylation is 1. The van der Waals surface area contributed by atoms with E-state index in [1.807, 2.05) is 6.92 Å². The molecule has 0 aliphatic rings. The molecule has 0 aliphatic carbocycles. The van der Waals surface area contributed by atoms with E-state index < -0.39 is 0 Å². The number of nitrogens with zero attached hydrogens (tertiary/aromatic N) is 3. The zero-order valence-electron chi connectivity index (χ0n) is 5.90. The van der Waals surface area contributed by atoms with Gasteiger partial charge in [0.2, 0.25) is 5.95 Å². The molecule has 0 fully saturated rings. The van der Waals surface area contributed by atoms with Crippen LogP contribution in [-0.2, 0) is 0 Å². The van der Waals surface area contributed by atoms with Crippen LogP contribution < -0.4 is 5.73 Å². The second-order valence-electron chi connectivity index (χ2n) is 2.21. The average Bonchev–Trinajstić information content (AvgIpc) is 2.33. The van der Waals surface area contributed by atoms with Gasteiger partial charge in [-0.15, -0.1) is 0 Å². The molecular weight excluding hydrogens is 160 g/mol. The topological polar surface area (TPSA) is 64.7 Å². The molecule has 0 aromatic carbocycles. The molecule has 2 aromatic rings. The maximum absolute atomic E-state index is 5.41. The Hall–Kier alpha value is -1.23. The highest BCUT2D eigenvalue weighted by atomic mass is 32.1. The third kappa shape index (κ3) is 0.932. The summed E-state index contributed by atoms with van der Waals surface area (Å²) in [4.78, 5) is 7.91. The lowest BCUT2D eigenvalue weighted by atomic mass is 10.4. The third-order valence-electron chi connectivity index (χ3n) is 1.40. The van der Waals surface area contributed by atoms with Crippen molar-refractivity contribution >= 4 is 27.7 Å². The molecule has 0 aliphatic heterocycles. The van der Waals surface area contributed by atoms with Crippen molar-refractivity contribution < 1.29 is 0 Å². The van der Waals surface area contributed by atoms with Crippen LogP contribution in [0.3, 0.4) is 0 Å². The number of rotatable bonds is 0. The minimum Gasteiger partial charge on any atom is -0.368 e. The molecule has 0 spiro atoms. The van der Waals surface area contributed by atoms with E-state index in [2.05, 4.69) is 14.3 Å². The van der Waals surface area contributed by atoms with E-state index in [0.29, 0.717) is 5.95 Å². The number of nitrogen functional groups attached to an aromatic ring is 1. The quantitative estimate of drug-likeness (QED) is 0.633. The van der Waals surface area contributed by atoms with E-state index in [-0.39, 0.29) is 0 Å². The van der Waals surface area contributed by atoms with Crippen molar-refractivity contribution in [2.45, 2.75) is 6.92 Å². The van der Waals surface area contributed by atoms with E-state index in [0.717, 1.165) is 15.9 Å². The van der Waals surface area contributed by atoms with Gasteiger partial charge in [0.25, 0.3) is 0 Å². The van der Waals surface area contributed by atoms with Gasteiger partial charge in [0.15, 0.2) is 0 Å². The van der Waals surface area contributed by atoms with Crippen LogP contribution in [0.2, 0.25) is 0 Å². The lowest BCUT2D eigenvalue weighted by molar-refractivity contribution is 1.22. The van der Waals surface area contributed by atoms with Crippen LogP contribution in [0.15, 0.2) is 6.20 Å². The van der Waals surface area contributed by atoms with Crippen molar-refractivity contribution in [2.24, 2.45) is 0 Å². The Bertz CT molecular complexity index is 394. The normalized spacial score (nSPS) is 10.6. The Morgan fingerprint density at radius 2 is 2.36 bits per heavy atom. The molecule has 0 bridgehead atoms. The van der Waals surface area contributed by atoms with Gasteiger partial charge in [-0.25, -0.2) is 9.97 Å². The summed E-state index contributed by atoms with van der Waals surface area (Å²) in [5.74, 6) is 0.306. The second-order valence-corrected chi connectivity index (χ2v) is 3.01. The first-order valence-electron chi connectivity index (χ1n) is 3.12. The molecule has 0 saturated heterocycles. The first-order valence-corrected chi connectivity index (χ1v) is 3.89. The summed E-state index contributed by atoms with van der Waals surface area (Å²) in [5, 5.41) is 0. The van der Waals surface area contributed by atoms with Gasteiger partial charge in [-0.3, -0.25) is 0 Å². The number of hydrogen-bond acceptors (Lipinski definition) is 5.